The first-order valence-electron chi connectivity index (χ1n) is 13.9. The van der Waals surface area contributed by atoms with Crippen LogP contribution in [0.15, 0.2) is 30.6 Å². The molecule has 0 aliphatic carbocycles. The summed E-state index contributed by atoms with van der Waals surface area (Å²) in [6, 6.07) is 6.26. The normalized spacial score (nSPS) is 17.4. The summed E-state index contributed by atoms with van der Waals surface area (Å²) in [4.78, 5) is 0. The number of hydrogen-bond donors (Lipinski definition) is 0. The van der Waals surface area contributed by atoms with Gasteiger partial charge in [0, 0.05) is 41.7 Å². The maximum absolute atomic E-state index is 11.0. The third-order valence-corrected chi connectivity index (χ3v) is 11.4. The highest BCUT2D eigenvalue weighted by Crippen LogP contribution is 2.53. The second kappa shape index (κ2) is 12.8. The predicted octanol–water partition coefficient (Wildman–Crippen LogP) is 5.53. The highest BCUT2D eigenvalue weighted by atomic mass is 32.3. The monoisotopic (exact) mass is 596 g/mol. The molecule has 1 unspecified atom stereocenters. The van der Waals surface area contributed by atoms with Crippen LogP contribution in [0.2, 0.25) is 0 Å². The van der Waals surface area contributed by atoms with Gasteiger partial charge in [0.05, 0.1) is 31.2 Å². The van der Waals surface area contributed by atoms with Crippen molar-refractivity contribution in [3.8, 4) is 17.0 Å². The van der Waals surface area contributed by atoms with E-state index >= 15 is 0 Å². The van der Waals surface area contributed by atoms with Gasteiger partial charge < -0.3 is 13.7 Å². The fraction of sp³-hybridized carbons (Fsp3) is 0.643. The van der Waals surface area contributed by atoms with Crippen molar-refractivity contribution < 1.29 is 26.3 Å². The van der Waals surface area contributed by atoms with E-state index in [2.05, 4.69) is 54.7 Å². The Morgan fingerprint density at radius 1 is 1.07 bits per heavy atom. The Morgan fingerprint density at radius 3 is 2.58 bits per heavy atom. The van der Waals surface area contributed by atoms with Crippen molar-refractivity contribution in [2.24, 2.45) is 0 Å². The molecule has 1 saturated heterocycles. The van der Waals surface area contributed by atoms with Crippen LogP contribution in [0.4, 0.5) is 0 Å². The summed E-state index contributed by atoms with van der Waals surface area (Å²) in [5.41, 5.74) is 2.86. The average Bonchev–Trinajstić information content (AvgIpc) is 3.49. The van der Waals surface area contributed by atoms with Crippen molar-refractivity contribution >= 4 is 31.3 Å². The quantitative estimate of drug-likeness (QED) is 0.187. The lowest BCUT2D eigenvalue weighted by Crippen LogP contribution is -2.27. The molecular formula is C28H44N4O6S2. The van der Waals surface area contributed by atoms with E-state index < -0.39 is 20.4 Å². The Hall–Kier alpha value is -2.12. The molecule has 2 aromatic heterocycles. The Labute approximate surface area is 240 Å². The number of aryl methyl sites for hydroxylation is 1. The van der Waals surface area contributed by atoms with Crippen molar-refractivity contribution in [3.63, 3.8) is 0 Å². The zero-order valence-corrected chi connectivity index (χ0v) is 26.2. The van der Waals surface area contributed by atoms with Crippen LogP contribution in [0.5, 0.6) is 5.75 Å². The Bertz CT molecular complexity index is 1370. The molecule has 12 heteroatoms. The first-order chi connectivity index (χ1) is 18.8. The molecule has 0 spiro atoms. The van der Waals surface area contributed by atoms with Crippen molar-refractivity contribution in [1.82, 2.24) is 19.6 Å². The van der Waals surface area contributed by atoms with Gasteiger partial charge in [0.25, 0.3) is 10.1 Å². The lowest BCUT2D eigenvalue weighted by atomic mass is 10.1. The second-order valence-electron chi connectivity index (χ2n) is 11.6. The van der Waals surface area contributed by atoms with Crippen molar-refractivity contribution in [3.05, 3.63) is 30.6 Å². The maximum atomic E-state index is 11.0. The Kier molecular flexibility index (Phi) is 9.87. The van der Waals surface area contributed by atoms with Crippen LogP contribution >= 0.6 is 10.3 Å². The summed E-state index contributed by atoms with van der Waals surface area (Å²) in [7, 11) is -4.77. The minimum atomic E-state index is -3.42. The lowest BCUT2D eigenvalue weighted by molar-refractivity contribution is -0.0365. The Balaban J connectivity index is 1.48. The fourth-order valence-electron chi connectivity index (χ4n) is 4.32. The van der Waals surface area contributed by atoms with Gasteiger partial charge in [0.2, 0.25) is 0 Å². The van der Waals surface area contributed by atoms with Crippen LogP contribution in [0.3, 0.4) is 0 Å². The first kappa shape index (κ1) is 30.8. The molecule has 3 heterocycles. The molecule has 224 valence electrons. The minimum absolute atomic E-state index is 0.0373. The molecule has 0 radical (unpaired) electrons. The molecule has 1 aliphatic rings. The third-order valence-electron chi connectivity index (χ3n) is 7.24. The molecule has 0 bridgehead atoms. The molecule has 1 aromatic carbocycles. The predicted molar refractivity (Wildman–Crippen MR) is 160 cm³/mol. The van der Waals surface area contributed by atoms with Gasteiger partial charge in [-0.15, -0.1) is 0 Å². The van der Waals surface area contributed by atoms with Gasteiger partial charge in [0.15, 0.2) is 6.23 Å². The molecule has 0 saturated carbocycles. The van der Waals surface area contributed by atoms with E-state index in [9.17, 15) is 8.42 Å². The maximum Gasteiger partial charge on any atom is 0.264 e. The second-order valence-corrected chi connectivity index (χ2v) is 17.1. The lowest BCUT2D eigenvalue weighted by Gasteiger charge is -2.43. The minimum Gasteiger partial charge on any atom is -0.449 e. The number of nitrogens with zero attached hydrogens (tertiary/aromatic N) is 4. The highest BCUT2D eigenvalue weighted by molar-refractivity contribution is 8.30. The zero-order valence-electron chi connectivity index (χ0n) is 24.6. The van der Waals surface area contributed by atoms with E-state index in [-0.39, 0.29) is 24.2 Å². The number of hydrogen-bond acceptors (Lipinski definition) is 8. The number of rotatable bonds is 13. The SMILES string of the molecule is CC(C)(C)S(C)(C)Oc1ccc2c(c1)c(-c1cnn(CCCCOCCOS(C)(=O)=O)c1)nn2C1CCCCO1. The van der Waals surface area contributed by atoms with Crippen molar-refractivity contribution in [1.29, 1.82) is 0 Å². The summed E-state index contributed by atoms with van der Waals surface area (Å²) in [5.74, 6) is 0.849. The van der Waals surface area contributed by atoms with E-state index in [1.54, 1.807) is 0 Å². The topological polar surface area (TPSA) is 107 Å². The summed E-state index contributed by atoms with van der Waals surface area (Å²) >= 11 is 0. The van der Waals surface area contributed by atoms with Gasteiger partial charge in [-0.05, 0) is 83.6 Å². The third kappa shape index (κ3) is 8.00. The number of unbranched alkanes of at least 4 members (excludes halogenated alkanes) is 1. The van der Waals surface area contributed by atoms with Crippen molar-refractivity contribution in [2.45, 2.75) is 70.4 Å². The number of fused-ring (bicyclic) bond motifs is 1. The Morgan fingerprint density at radius 2 is 1.88 bits per heavy atom. The van der Waals surface area contributed by atoms with E-state index in [0.29, 0.717) is 6.61 Å². The molecule has 10 nitrogen and oxygen atoms in total. The molecule has 1 aliphatic heterocycles. The molecule has 0 amide bonds. The standard InChI is InChI=1S/C28H44N4O6S2/c1-28(2,3)39(4,5)38-23-12-13-25-24(19-23)27(30-32(25)26-11-7-9-16-36-26)22-20-29-31(21-22)14-8-10-15-35-17-18-37-40(6,33)34/h12-13,19-21,26H,7-11,14-18H2,1-6H3. The molecule has 3 aromatic rings. The summed E-state index contributed by atoms with van der Waals surface area (Å²) in [5, 5.41) is 10.7. The van der Waals surface area contributed by atoms with Gasteiger partial charge in [-0.1, -0.05) is 10.3 Å². The van der Waals surface area contributed by atoms with Crippen LogP contribution in [-0.4, -0.2) is 77.9 Å². The first-order valence-corrected chi connectivity index (χ1v) is 18.0. The molecule has 40 heavy (non-hydrogen) atoms. The molecule has 1 atom stereocenters. The molecular weight excluding hydrogens is 552 g/mol. The highest BCUT2D eigenvalue weighted by Gasteiger charge is 2.30. The average molecular weight is 597 g/mol. The summed E-state index contributed by atoms with van der Waals surface area (Å²) in [6.07, 6.45) is 14.1. The van der Waals surface area contributed by atoms with E-state index in [0.717, 1.165) is 79.4 Å². The van der Waals surface area contributed by atoms with Crippen LogP contribution in [0.1, 0.15) is 59.1 Å². The van der Waals surface area contributed by atoms with Gasteiger partial charge in [-0.2, -0.15) is 18.6 Å². The van der Waals surface area contributed by atoms with Gasteiger partial charge in [-0.3, -0.25) is 8.86 Å². The number of benzene rings is 1. The smallest absolute Gasteiger partial charge is 0.264 e. The van der Waals surface area contributed by atoms with Crippen LogP contribution in [0, 0.1) is 0 Å². The molecule has 4 rings (SSSR count). The zero-order chi connectivity index (χ0) is 29.0. The number of ether oxygens (including phenoxy) is 2. The van der Waals surface area contributed by atoms with Gasteiger partial charge in [-0.25, -0.2) is 4.68 Å². The van der Waals surface area contributed by atoms with E-state index in [4.69, 9.17) is 18.8 Å². The van der Waals surface area contributed by atoms with Gasteiger partial charge >= 0.3 is 0 Å². The summed E-state index contributed by atoms with van der Waals surface area (Å²) in [6.45, 7) is 8.97. The van der Waals surface area contributed by atoms with Gasteiger partial charge in [0.1, 0.15) is 11.4 Å². The van der Waals surface area contributed by atoms with E-state index in [1.807, 2.05) is 27.8 Å². The van der Waals surface area contributed by atoms with E-state index in [1.165, 1.54) is 0 Å². The van der Waals surface area contributed by atoms with Crippen LogP contribution < -0.4 is 4.18 Å². The van der Waals surface area contributed by atoms with Crippen molar-refractivity contribution in [2.75, 3.05) is 45.2 Å². The number of aromatic nitrogens is 4. The molecule has 1 fully saturated rings. The van der Waals surface area contributed by atoms with Crippen LogP contribution in [-0.2, 0) is 30.3 Å². The largest absolute Gasteiger partial charge is 0.449 e. The van der Waals surface area contributed by atoms with Crippen LogP contribution in [0.25, 0.3) is 22.2 Å². The summed E-state index contributed by atoms with van der Waals surface area (Å²) < 4.78 is 48.8. The molecule has 0 N–H and O–H groups in total. The fourth-order valence-corrected chi connectivity index (χ4v) is 5.52.